The molecule has 0 fully saturated rings. The molecule has 36 heavy (non-hydrogen) atoms. The van der Waals surface area contributed by atoms with Crippen LogP contribution >= 0.6 is 0 Å². The van der Waals surface area contributed by atoms with Crippen molar-refractivity contribution >= 4 is 17.9 Å². The van der Waals surface area contributed by atoms with Crippen LogP contribution in [0.15, 0.2) is 18.2 Å². The summed E-state index contributed by atoms with van der Waals surface area (Å²) in [5.41, 5.74) is 9.19. The predicted octanol–water partition coefficient (Wildman–Crippen LogP) is -0.0238. The second-order valence-corrected chi connectivity index (χ2v) is 8.72. The molecule has 0 unspecified atom stereocenters. The number of hydrogen-bond acceptors (Lipinski definition) is 11. The van der Waals surface area contributed by atoms with Crippen molar-refractivity contribution in [3.05, 3.63) is 29.3 Å². The van der Waals surface area contributed by atoms with E-state index in [1.54, 1.807) is 0 Å². The molecule has 0 heterocycles. The molecule has 4 N–H and O–H groups in total. The molecule has 0 aromatic heterocycles. The Bertz CT molecular complexity index is 785. The van der Waals surface area contributed by atoms with Gasteiger partial charge in [0.1, 0.15) is 19.7 Å². The molecule has 0 saturated heterocycles. The lowest BCUT2D eigenvalue weighted by Gasteiger charge is -2.36. The standard InChI is InChI=1S/C24H41N5O7/c1-33-35-18-27(9-7-26-8-14-30)10-11-28(19-36-34-2)12-13-29(17-24(31)32)23-6-4-20-3-5-22(25)15-21(20)16-23/h3,5,14-15,23,26H,4,6-13,16-19,25H2,1-2H3,(H,31,32)/t23-/m1/s1. The fraction of sp³-hybridized carbons (Fsp3) is 0.667. The fourth-order valence-corrected chi connectivity index (χ4v) is 4.32. The molecule has 0 spiro atoms. The molecular weight excluding hydrogens is 470 g/mol. The molecule has 0 aliphatic heterocycles. The maximum atomic E-state index is 11.7. The van der Waals surface area contributed by atoms with E-state index in [0.717, 1.165) is 31.2 Å². The van der Waals surface area contributed by atoms with Crippen LogP contribution in [0.1, 0.15) is 17.5 Å². The van der Waals surface area contributed by atoms with Gasteiger partial charge in [-0.2, -0.15) is 0 Å². The number of carbonyl (C=O) groups is 2. The molecule has 0 bridgehead atoms. The third-order valence-electron chi connectivity index (χ3n) is 6.26. The van der Waals surface area contributed by atoms with Crippen molar-refractivity contribution in [3.8, 4) is 0 Å². The number of fused-ring (bicyclic) bond motifs is 1. The Morgan fingerprint density at radius 1 is 1.08 bits per heavy atom. The van der Waals surface area contributed by atoms with E-state index < -0.39 is 5.97 Å². The number of carbonyl (C=O) groups excluding carboxylic acids is 1. The molecule has 1 aromatic carbocycles. The monoisotopic (exact) mass is 511 g/mol. The summed E-state index contributed by atoms with van der Waals surface area (Å²) in [6.45, 7) is 4.51. The highest BCUT2D eigenvalue weighted by molar-refractivity contribution is 5.69. The van der Waals surface area contributed by atoms with Crippen LogP contribution in [0.3, 0.4) is 0 Å². The second-order valence-electron chi connectivity index (χ2n) is 8.72. The summed E-state index contributed by atoms with van der Waals surface area (Å²) in [6.07, 6.45) is 3.40. The van der Waals surface area contributed by atoms with Gasteiger partial charge in [-0.05, 0) is 42.5 Å². The quantitative estimate of drug-likeness (QED) is 0.0541. The number of hydrogen-bond donors (Lipinski definition) is 3. The molecule has 204 valence electrons. The zero-order chi connectivity index (χ0) is 26.2. The van der Waals surface area contributed by atoms with Crippen LogP contribution in [0, 0.1) is 0 Å². The highest BCUT2D eigenvalue weighted by Gasteiger charge is 2.26. The Labute approximate surface area is 213 Å². The van der Waals surface area contributed by atoms with Crippen LogP contribution in [0.5, 0.6) is 0 Å². The smallest absolute Gasteiger partial charge is 0.317 e. The van der Waals surface area contributed by atoms with Gasteiger partial charge >= 0.3 is 5.97 Å². The topological polar surface area (TPSA) is 139 Å². The van der Waals surface area contributed by atoms with E-state index in [-0.39, 0.29) is 26.0 Å². The zero-order valence-corrected chi connectivity index (χ0v) is 21.4. The summed E-state index contributed by atoms with van der Waals surface area (Å²) < 4.78 is 0. The minimum Gasteiger partial charge on any atom is -0.480 e. The van der Waals surface area contributed by atoms with E-state index in [4.69, 9.17) is 25.3 Å². The van der Waals surface area contributed by atoms with Crippen LogP contribution in [-0.2, 0) is 42.0 Å². The van der Waals surface area contributed by atoms with Gasteiger partial charge in [0.25, 0.3) is 0 Å². The van der Waals surface area contributed by atoms with E-state index in [0.29, 0.717) is 45.8 Å². The first-order valence-electron chi connectivity index (χ1n) is 12.2. The number of anilines is 1. The Morgan fingerprint density at radius 3 is 2.39 bits per heavy atom. The first-order chi connectivity index (χ1) is 17.5. The Kier molecular flexibility index (Phi) is 14.5. The molecule has 12 nitrogen and oxygen atoms in total. The lowest BCUT2D eigenvalue weighted by molar-refractivity contribution is -0.300. The first kappa shape index (κ1) is 30.1. The van der Waals surface area contributed by atoms with Crippen LogP contribution in [0.4, 0.5) is 5.69 Å². The van der Waals surface area contributed by atoms with E-state index in [2.05, 4.69) is 16.3 Å². The number of carboxylic acid groups (broad SMARTS) is 1. The minimum absolute atomic E-state index is 0.0303. The maximum Gasteiger partial charge on any atom is 0.317 e. The van der Waals surface area contributed by atoms with Crippen molar-refractivity contribution in [2.24, 2.45) is 0 Å². The van der Waals surface area contributed by atoms with Crippen LogP contribution in [0.2, 0.25) is 0 Å². The number of aryl methyl sites for hydroxylation is 1. The van der Waals surface area contributed by atoms with Crippen molar-refractivity contribution in [2.45, 2.75) is 25.3 Å². The summed E-state index contributed by atoms with van der Waals surface area (Å²) in [6, 6.07) is 6.11. The Hall–Kier alpha value is -2.16. The van der Waals surface area contributed by atoms with Gasteiger partial charge < -0.3 is 21.0 Å². The average Bonchev–Trinajstić information content (AvgIpc) is 2.87. The van der Waals surface area contributed by atoms with Crippen molar-refractivity contribution < 1.29 is 34.2 Å². The first-order valence-corrected chi connectivity index (χ1v) is 12.2. The zero-order valence-electron chi connectivity index (χ0n) is 21.4. The molecule has 12 heteroatoms. The molecule has 0 saturated carbocycles. The summed E-state index contributed by atoms with van der Waals surface area (Å²) in [7, 11) is 2.91. The lowest BCUT2D eigenvalue weighted by Crippen LogP contribution is -2.47. The summed E-state index contributed by atoms with van der Waals surface area (Å²) in [4.78, 5) is 48.1. The van der Waals surface area contributed by atoms with E-state index in [1.165, 1.54) is 25.3 Å². The van der Waals surface area contributed by atoms with Crippen molar-refractivity contribution in [3.63, 3.8) is 0 Å². The summed E-state index contributed by atoms with van der Waals surface area (Å²) in [5, 5.41) is 12.6. The number of aldehydes is 1. The molecule has 1 aliphatic carbocycles. The van der Waals surface area contributed by atoms with Gasteiger partial charge in [-0.1, -0.05) is 6.07 Å². The number of nitrogens with two attached hydrogens (primary N) is 1. The van der Waals surface area contributed by atoms with Gasteiger partial charge in [0.15, 0.2) is 0 Å². The highest BCUT2D eigenvalue weighted by Crippen LogP contribution is 2.26. The molecule has 1 aliphatic rings. The number of benzene rings is 1. The van der Waals surface area contributed by atoms with Crippen molar-refractivity contribution in [2.75, 3.05) is 85.8 Å². The van der Waals surface area contributed by atoms with Gasteiger partial charge in [0.05, 0.1) is 27.3 Å². The summed E-state index contributed by atoms with van der Waals surface area (Å²) in [5.74, 6) is -0.848. The van der Waals surface area contributed by atoms with Crippen LogP contribution < -0.4 is 11.1 Å². The SMILES string of the molecule is COOCN(CCNCC=O)CCN(CCN(CC(=O)O)[C@@H]1CCc2ccc(N)cc2C1)COOC. The molecule has 1 aromatic rings. The van der Waals surface area contributed by atoms with Gasteiger partial charge in [-0.25, -0.2) is 19.6 Å². The van der Waals surface area contributed by atoms with E-state index in [9.17, 15) is 14.7 Å². The average molecular weight is 512 g/mol. The number of carboxylic acids is 1. The predicted molar refractivity (Wildman–Crippen MR) is 134 cm³/mol. The van der Waals surface area contributed by atoms with Crippen molar-refractivity contribution in [1.82, 2.24) is 20.0 Å². The molecular formula is C24H41N5O7. The molecule has 0 amide bonds. The third-order valence-corrected chi connectivity index (χ3v) is 6.26. The fourth-order valence-electron chi connectivity index (χ4n) is 4.32. The van der Waals surface area contributed by atoms with E-state index >= 15 is 0 Å². The molecule has 0 radical (unpaired) electrons. The van der Waals surface area contributed by atoms with Gasteiger partial charge in [-0.3, -0.25) is 19.5 Å². The normalized spacial score (nSPS) is 15.5. The highest BCUT2D eigenvalue weighted by atomic mass is 17.2. The van der Waals surface area contributed by atoms with Crippen LogP contribution in [0.25, 0.3) is 0 Å². The molecule has 2 rings (SSSR count). The van der Waals surface area contributed by atoms with E-state index in [1.807, 2.05) is 21.9 Å². The van der Waals surface area contributed by atoms with Gasteiger partial charge in [-0.15, -0.1) is 0 Å². The van der Waals surface area contributed by atoms with Crippen molar-refractivity contribution in [1.29, 1.82) is 0 Å². The number of rotatable bonds is 20. The molecule has 1 atom stereocenters. The minimum atomic E-state index is -0.848. The Balaban J connectivity index is 1.97. The largest absolute Gasteiger partial charge is 0.480 e. The second kappa shape index (κ2) is 17.3. The number of nitrogens with zero attached hydrogens (tertiary/aromatic N) is 3. The van der Waals surface area contributed by atoms with Gasteiger partial charge in [0.2, 0.25) is 0 Å². The Morgan fingerprint density at radius 2 is 1.75 bits per heavy atom. The summed E-state index contributed by atoms with van der Waals surface area (Å²) >= 11 is 0. The van der Waals surface area contributed by atoms with Gasteiger partial charge in [0, 0.05) is 51.0 Å². The lowest BCUT2D eigenvalue weighted by atomic mass is 9.87. The number of aliphatic carboxylic acids is 1. The number of nitrogens with one attached hydrogen (secondary N) is 1. The number of nitrogen functional groups attached to an aromatic ring is 1. The maximum absolute atomic E-state index is 11.7. The third kappa shape index (κ3) is 11.3. The van der Waals surface area contributed by atoms with Crippen LogP contribution in [-0.4, -0.2) is 118 Å².